The van der Waals surface area contributed by atoms with Crippen molar-refractivity contribution >= 4 is 21.7 Å². The summed E-state index contributed by atoms with van der Waals surface area (Å²) < 4.78 is 64.7. The fourth-order valence-corrected chi connectivity index (χ4v) is 2.49. The van der Waals surface area contributed by atoms with E-state index in [-0.39, 0.29) is 18.5 Å². The molecule has 0 spiro atoms. The molecule has 6 nitrogen and oxygen atoms in total. The molecule has 0 aliphatic rings. The minimum absolute atomic E-state index is 0.0554. The molecule has 0 aromatic heterocycles. The number of nitrogens with one attached hydrogen (secondary N) is 1. The lowest BCUT2D eigenvalue weighted by Crippen LogP contribution is -2.18. The van der Waals surface area contributed by atoms with E-state index < -0.39 is 33.9 Å². The molecular weight excluding hydrogens is 315 g/mol. The number of carboxylic acid groups (broad SMARTS) is 1. The van der Waals surface area contributed by atoms with Gasteiger partial charge in [0.15, 0.2) is 0 Å². The van der Waals surface area contributed by atoms with Gasteiger partial charge in [0.2, 0.25) is 10.0 Å². The predicted octanol–water partition coefficient (Wildman–Crippen LogP) is 2.19. The number of ether oxygens (including phenoxy) is 1. The number of aliphatic carboxylic acids is 1. The van der Waals surface area contributed by atoms with Gasteiger partial charge in [-0.3, -0.25) is 9.52 Å². The van der Waals surface area contributed by atoms with E-state index in [0.717, 1.165) is 24.3 Å². The number of benzene rings is 1. The lowest BCUT2D eigenvalue weighted by molar-refractivity contribution is -0.274. The maximum absolute atomic E-state index is 11.9. The van der Waals surface area contributed by atoms with Crippen LogP contribution in [0.3, 0.4) is 0 Å². The predicted molar refractivity (Wildman–Crippen MR) is 67.4 cm³/mol. The molecule has 0 bridgehead atoms. The first kappa shape index (κ1) is 17.1. The van der Waals surface area contributed by atoms with Gasteiger partial charge in [0.05, 0.1) is 5.75 Å². The van der Waals surface area contributed by atoms with Crippen molar-refractivity contribution in [1.82, 2.24) is 0 Å². The van der Waals surface area contributed by atoms with E-state index in [1.54, 1.807) is 0 Å². The first-order valence-corrected chi connectivity index (χ1v) is 7.31. The molecule has 0 aliphatic heterocycles. The Labute approximate surface area is 118 Å². The van der Waals surface area contributed by atoms with Gasteiger partial charge in [0, 0.05) is 12.1 Å². The van der Waals surface area contributed by atoms with Crippen LogP contribution in [0.4, 0.5) is 18.9 Å². The Kier molecular flexibility index (Phi) is 5.41. The van der Waals surface area contributed by atoms with Crippen LogP contribution in [0, 0.1) is 0 Å². The summed E-state index contributed by atoms with van der Waals surface area (Å²) in [5.74, 6) is -1.99. The number of sulfonamides is 1. The van der Waals surface area contributed by atoms with Crippen molar-refractivity contribution < 1.29 is 36.2 Å². The van der Waals surface area contributed by atoms with Crippen molar-refractivity contribution in [3.63, 3.8) is 0 Å². The van der Waals surface area contributed by atoms with Crippen molar-refractivity contribution in [1.29, 1.82) is 0 Å². The van der Waals surface area contributed by atoms with Gasteiger partial charge in [-0.15, -0.1) is 13.2 Å². The lowest BCUT2D eigenvalue weighted by Gasteiger charge is -2.10. The number of carboxylic acids is 1. The third-order valence-electron chi connectivity index (χ3n) is 2.16. The molecule has 0 saturated carbocycles. The first-order chi connectivity index (χ1) is 9.57. The summed E-state index contributed by atoms with van der Waals surface area (Å²) in [6.45, 7) is 0. The molecule has 118 valence electrons. The summed E-state index contributed by atoms with van der Waals surface area (Å²) in [5, 5.41) is 8.40. The fraction of sp³-hybridized carbons (Fsp3) is 0.364. The quantitative estimate of drug-likeness (QED) is 0.801. The summed E-state index contributed by atoms with van der Waals surface area (Å²) in [6, 6.07) is 4.14. The van der Waals surface area contributed by atoms with Gasteiger partial charge in [0.25, 0.3) is 0 Å². The molecule has 0 heterocycles. The Bertz CT molecular complexity index is 583. The molecule has 0 radical (unpaired) electrons. The Morgan fingerprint density at radius 2 is 1.81 bits per heavy atom. The standard InChI is InChI=1S/C11H12F3NO5S/c12-11(13,14)20-9-5-3-8(4-6-9)15-21(18,19)7-1-2-10(16)17/h3-6,15H,1-2,7H2,(H,16,17). The molecule has 2 N–H and O–H groups in total. The normalized spacial score (nSPS) is 12.0. The summed E-state index contributed by atoms with van der Waals surface area (Å²) in [5.41, 5.74) is 0.0554. The number of anilines is 1. The van der Waals surface area contributed by atoms with Gasteiger partial charge in [0.1, 0.15) is 5.75 Å². The molecule has 0 fully saturated rings. The molecular formula is C11H12F3NO5S. The van der Waals surface area contributed by atoms with E-state index >= 15 is 0 Å². The van der Waals surface area contributed by atoms with Crippen LogP contribution in [-0.4, -0.2) is 31.6 Å². The largest absolute Gasteiger partial charge is 0.573 e. The Morgan fingerprint density at radius 1 is 1.24 bits per heavy atom. The van der Waals surface area contributed by atoms with Gasteiger partial charge < -0.3 is 9.84 Å². The van der Waals surface area contributed by atoms with Gasteiger partial charge >= 0.3 is 12.3 Å². The first-order valence-electron chi connectivity index (χ1n) is 5.65. The number of alkyl halides is 3. The maximum Gasteiger partial charge on any atom is 0.573 e. The van der Waals surface area contributed by atoms with E-state index in [2.05, 4.69) is 9.46 Å². The molecule has 0 unspecified atom stereocenters. The SMILES string of the molecule is O=C(O)CCCS(=O)(=O)Nc1ccc(OC(F)(F)F)cc1. The van der Waals surface area contributed by atoms with E-state index in [1.165, 1.54) is 0 Å². The van der Waals surface area contributed by atoms with Crippen molar-refractivity contribution in [2.75, 3.05) is 10.5 Å². The van der Waals surface area contributed by atoms with Crippen molar-refractivity contribution in [2.45, 2.75) is 19.2 Å². The van der Waals surface area contributed by atoms with Crippen LogP contribution in [0.5, 0.6) is 5.75 Å². The van der Waals surface area contributed by atoms with Gasteiger partial charge in [-0.05, 0) is 30.7 Å². The van der Waals surface area contributed by atoms with Crippen molar-refractivity contribution in [2.24, 2.45) is 0 Å². The van der Waals surface area contributed by atoms with Crippen LogP contribution in [0.2, 0.25) is 0 Å². The highest BCUT2D eigenvalue weighted by Gasteiger charge is 2.30. The second-order valence-corrected chi connectivity index (χ2v) is 5.83. The second-order valence-electron chi connectivity index (χ2n) is 3.99. The zero-order valence-corrected chi connectivity index (χ0v) is 11.4. The maximum atomic E-state index is 11.9. The van der Waals surface area contributed by atoms with Gasteiger partial charge in [-0.25, -0.2) is 8.42 Å². The monoisotopic (exact) mass is 327 g/mol. The summed E-state index contributed by atoms with van der Waals surface area (Å²) in [7, 11) is -3.75. The zero-order valence-electron chi connectivity index (χ0n) is 10.6. The Hall–Kier alpha value is -1.97. The van der Waals surface area contributed by atoms with Crippen LogP contribution in [0.15, 0.2) is 24.3 Å². The Morgan fingerprint density at radius 3 is 2.29 bits per heavy atom. The van der Waals surface area contributed by atoms with Crippen molar-refractivity contribution in [3.05, 3.63) is 24.3 Å². The average molecular weight is 327 g/mol. The average Bonchev–Trinajstić information content (AvgIpc) is 2.28. The van der Waals surface area contributed by atoms with Gasteiger partial charge in [-0.1, -0.05) is 0 Å². The van der Waals surface area contributed by atoms with Crippen LogP contribution in [-0.2, 0) is 14.8 Å². The van der Waals surface area contributed by atoms with E-state index in [1.807, 2.05) is 0 Å². The molecule has 0 amide bonds. The van der Waals surface area contributed by atoms with Gasteiger partial charge in [-0.2, -0.15) is 0 Å². The number of hydrogen-bond acceptors (Lipinski definition) is 4. The highest BCUT2D eigenvalue weighted by Crippen LogP contribution is 2.24. The minimum atomic E-state index is -4.82. The lowest BCUT2D eigenvalue weighted by atomic mass is 10.3. The molecule has 0 atom stereocenters. The van der Waals surface area contributed by atoms with E-state index in [9.17, 15) is 26.4 Å². The third kappa shape index (κ3) is 7.40. The van der Waals surface area contributed by atoms with Crippen LogP contribution in [0.1, 0.15) is 12.8 Å². The van der Waals surface area contributed by atoms with Crippen molar-refractivity contribution in [3.8, 4) is 5.75 Å². The van der Waals surface area contributed by atoms with Crippen LogP contribution in [0.25, 0.3) is 0 Å². The number of rotatable bonds is 7. The molecule has 1 aromatic rings. The Balaban J connectivity index is 2.60. The topological polar surface area (TPSA) is 92.7 Å². The highest BCUT2D eigenvalue weighted by atomic mass is 32.2. The second kappa shape index (κ2) is 6.66. The smallest absolute Gasteiger partial charge is 0.481 e. The summed E-state index contributed by atoms with van der Waals surface area (Å²) in [4.78, 5) is 10.3. The number of hydrogen-bond donors (Lipinski definition) is 2. The van der Waals surface area contributed by atoms with E-state index in [4.69, 9.17) is 5.11 Å². The minimum Gasteiger partial charge on any atom is -0.481 e. The molecule has 0 saturated heterocycles. The fourth-order valence-electron chi connectivity index (χ4n) is 1.37. The van der Waals surface area contributed by atoms with Crippen LogP contribution >= 0.6 is 0 Å². The zero-order chi connectivity index (χ0) is 16.1. The molecule has 10 heteroatoms. The molecule has 1 rings (SSSR count). The van der Waals surface area contributed by atoms with Crippen LogP contribution < -0.4 is 9.46 Å². The summed E-state index contributed by atoms with van der Waals surface area (Å²) >= 11 is 0. The number of carbonyl (C=O) groups is 1. The highest BCUT2D eigenvalue weighted by molar-refractivity contribution is 7.92. The molecule has 1 aromatic carbocycles. The molecule has 0 aliphatic carbocycles. The molecule has 21 heavy (non-hydrogen) atoms. The van der Waals surface area contributed by atoms with E-state index in [0.29, 0.717) is 0 Å². The third-order valence-corrected chi connectivity index (χ3v) is 3.54. The number of halogens is 3. The summed E-state index contributed by atoms with van der Waals surface area (Å²) in [6.07, 6.45) is -5.18.